The van der Waals surface area contributed by atoms with E-state index < -0.39 is 35.5 Å². The van der Waals surface area contributed by atoms with Crippen molar-refractivity contribution in [3.63, 3.8) is 0 Å². The average Bonchev–Trinajstić information content (AvgIpc) is 2.90. The van der Waals surface area contributed by atoms with E-state index in [1.54, 1.807) is 42.5 Å². The van der Waals surface area contributed by atoms with E-state index in [4.69, 9.17) is 4.74 Å². The highest BCUT2D eigenvalue weighted by molar-refractivity contribution is 5.97. The Morgan fingerprint density at radius 2 is 1.77 bits per heavy atom. The number of amides is 1. The first-order valence-electron chi connectivity index (χ1n) is 12.6. The van der Waals surface area contributed by atoms with Gasteiger partial charge in [0.05, 0.1) is 24.7 Å². The summed E-state index contributed by atoms with van der Waals surface area (Å²) >= 11 is 0. The van der Waals surface area contributed by atoms with Crippen LogP contribution in [0.15, 0.2) is 73.3 Å². The van der Waals surface area contributed by atoms with E-state index in [-0.39, 0.29) is 36.6 Å². The molecule has 0 aliphatic rings. The van der Waals surface area contributed by atoms with Gasteiger partial charge < -0.3 is 14.7 Å². The van der Waals surface area contributed by atoms with Crippen LogP contribution >= 0.6 is 0 Å². The molecule has 0 aliphatic heterocycles. The first kappa shape index (κ1) is 30.6. The van der Waals surface area contributed by atoms with Gasteiger partial charge in [0.2, 0.25) is 0 Å². The van der Waals surface area contributed by atoms with Crippen molar-refractivity contribution in [3.05, 3.63) is 107 Å². The highest BCUT2D eigenvalue weighted by Crippen LogP contribution is 2.33. The zero-order chi connectivity index (χ0) is 29.6. The summed E-state index contributed by atoms with van der Waals surface area (Å²) in [7, 11) is 1.43. The molecule has 9 heteroatoms. The Balaban J connectivity index is 1.96. The Morgan fingerprint density at radius 1 is 1.07 bits per heavy atom. The number of carbonyl (C=O) groups excluding carboxylic acids is 2. The maximum Gasteiger partial charge on any atom is 0.419 e. The fourth-order valence-electron chi connectivity index (χ4n) is 4.17. The third kappa shape index (κ3) is 7.57. The third-order valence-electron chi connectivity index (χ3n) is 6.17. The monoisotopic (exact) mass is 557 g/mol. The number of benzene rings is 3. The topological polar surface area (TPSA) is 66.8 Å². The summed E-state index contributed by atoms with van der Waals surface area (Å²) in [5.74, 6) is -2.37. The van der Waals surface area contributed by atoms with Gasteiger partial charge in [0, 0.05) is 19.2 Å². The summed E-state index contributed by atoms with van der Waals surface area (Å²) in [5, 5.41) is 10.4. The number of halogens is 4. The van der Waals surface area contributed by atoms with Crippen molar-refractivity contribution in [3.8, 4) is 11.1 Å². The minimum atomic E-state index is -4.83. The number of rotatable bonds is 10. The third-order valence-corrected chi connectivity index (χ3v) is 6.17. The lowest BCUT2D eigenvalue weighted by Gasteiger charge is -2.21. The molecule has 0 saturated carbocycles. The summed E-state index contributed by atoms with van der Waals surface area (Å²) in [4.78, 5) is 27.3. The Bertz CT molecular complexity index is 1380. The molecule has 0 heterocycles. The molecule has 0 saturated heterocycles. The maximum atomic E-state index is 14.1. The van der Waals surface area contributed by atoms with Gasteiger partial charge in [0.25, 0.3) is 5.91 Å². The molecule has 3 aromatic rings. The summed E-state index contributed by atoms with van der Waals surface area (Å²) in [6.07, 6.45) is -4.59. The highest BCUT2D eigenvalue weighted by Gasteiger charge is 2.34. The SMILES string of the molecule is C=CC(O)c1ccccc1-c1ccc(C(=O)N(C)Cc2ccc(C(F)(F)F)c(F)c2)c(CC(=O)OCC(C)C)c1. The molecule has 1 N–H and O–H groups in total. The van der Waals surface area contributed by atoms with Crippen LogP contribution in [0.25, 0.3) is 11.1 Å². The molecule has 212 valence electrons. The van der Waals surface area contributed by atoms with E-state index >= 15 is 0 Å². The molecule has 5 nitrogen and oxygen atoms in total. The van der Waals surface area contributed by atoms with Crippen molar-refractivity contribution in [1.29, 1.82) is 0 Å². The van der Waals surface area contributed by atoms with Crippen LogP contribution in [0.3, 0.4) is 0 Å². The van der Waals surface area contributed by atoms with Gasteiger partial charge in [-0.05, 0) is 58.0 Å². The Labute approximate surface area is 230 Å². The molecule has 1 atom stereocenters. The molecule has 0 spiro atoms. The van der Waals surface area contributed by atoms with Crippen molar-refractivity contribution in [2.24, 2.45) is 5.92 Å². The number of esters is 1. The fraction of sp³-hybridized carbons (Fsp3) is 0.290. The second-order valence-electron chi connectivity index (χ2n) is 9.87. The van der Waals surface area contributed by atoms with Crippen LogP contribution in [0, 0.1) is 11.7 Å². The lowest BCUT2D eigenvalue weighted by molar-refractivity contribution is -0.144. The second-order valence-corrected chi connectivity index (χ2v) is 9.87. The molecule has 3 aromatic carbocycles. The van der Waals surface area contributed by atoms with E-state index in [9.17, 15) is 32.3 Å². The molecule has 0 bridgehead atoms. The first-order chi connectivity index (χ1) is 18.8. The Kier molecular flexibility index (Phi) is 9.87. The van der Waals surface area contributed by atoms with Gasteiger partial charge in [-0.25, -0.2) is 4.39 Å². The van der Waals surface area contributed by atoms with Crippen LogP contribution in [-0.4, -0.2) is 35.5 Å². The van der Waals surface area contributed by atoms with Gasteiger partial charge in [-0.2, -0.15) is 13.2 Å². The fourth-order valence-corrected chi connectivity index (χ4v) is 4.17. The molecule has 40 heavy (non-hydrogen) atoms. The first-order valence-corrected chi connectivity index (χ1v) is 12.6. The molecule has 0 aliphatic carbocycles. The largest absolute Gasteiger partial charge is 0.465 e. The number of ether oxygens (including phenoxy) is 1. The highest BCUT2D eigenvalue weighted by atomic mass is 19.4. The molecule has 0 aromatic heterocycles. The predicted octanol–water partition coefficient (Wildman–Crippen LogP) is 6.74. The van der Waals surface area contributed by atoms with Gasteiger partial charge in [-0.3, -0.25) is 9.59 Å². The molecular weight excluding hydrogens is 526 g/mol. The number of alkyl halides is 3. The normalized spacial score (nSPS) is 12.2. The van der Waals surface area contributed by atoms with Crippen LogP contribution in [0.5, 0.6) is 0 Å². The summed E-state index contributed by atoms with van der Waals surface area (Å²) in [6.45, 7) is 7.46. The predicted molar refractivity (Wildman–Crippen MR) is 144 cm³/mol. The van der Waals surface area contributed by atoms with Crippen molar-refractivity contribution < 1.29 is 37.0 Å². The minimum absolute atomic E-state index is 0.110. The maximum absolute atomic E-state index is 14.1. The van der Waals surface area contributed by atoms with E-state index in [1.807, 2.05) is 13.8 Å². The van der Waals surface area contributed by atoms with Crippen LogP contribution < -0.4 is 0 Å². The number of aliphatic hydroxyl groups is 1. The van der Waals surface area contributed by atoms with Gasteiger partial charge in [-0.15, -0.1) is 6.58 Å². The van der Waals surface area contributed by atoms with Crippen molar-refractivity contribution in [1.82, 2.24) is 4.90 Å². The van der Waals surface area contributed by atoms with Crippen molar-refractivity contribution in [2.45, 2.75) is 39.1 Å². The quantitative estimate of drug-likeness (QED) is 0.170. The Morgan fingerprint density at radius 3 is 2.40 bits per heavy atom. The summed E-state index contributed by atoms with van der Waals surface area (Å²) < 4.78 is 58.2. The molecule has 3 rings (SSSR count). The molecule has 1 amide bonds. The standard InChI is InChI=1S/C31H31F4NO4/c1-5-28(37)25-9-7-6-8-23(25)21-11-12-24(22(15-21)16-29(38)40-18-19(2)3)30(39)36(4)17-20-10-13-26(27(32)14-20)31(33,34)35/h5-15,19,28,37H,1,16-18H2,2-4H3. The lowest BCUT2D eigenvalue weighted by Crippen LogP contribution is -2.28. The second kappa shape index (κ2) is 12.9. The number of nitrogens with zero attached hydrogens (tertiary/aromatic N) is 1. The van der Waals surface area contributed by atoms with Gasteiger partial charge in [-0.1, -0.05) is 56.3 Å². The van der Waals surface area contributed by atoms with Crippen LogP contribution in [0.2, 0.25) is 0 Å². The number of hydrogen-bond donors (Lipinski definition) is 1. The number of hydrogen-bond acceptors (Lipinski definition) is 4. The van der Waals surface area contributed by atoms with Gasteiger partial charge >= 0.3 is 12.1 Å². The average molecular weight is 558 g/mol. The Hall–Kier alpha value is -3.98. The van der Waals surface area contributed by atoms with Gasteiger partial charge in [0.1, 0.15) is 5.82 Å². The van der Waals surface area contributed by atoms with Gasteiger partial charge in [0.15, 0.2) is 0 Å². The van der Waals surface area contributed by atoms with E-state index in [1.165, 1.54) is 18.0 Å². The van der Waals surface area contributed by atoms with Crippen LogP contribution in [0.4, 0.5) is 17.6 Å². The molecule has 0 radical (unpaired) electrons. The molecule has 1 unspecified atom stereocenters. The summed E-state index contributed by atoms with van der Waals surface area (Å²) in [6, 6.07) is 14.5. The zero-order valence-electron chi connectivity index (χ0n) is 22.5. The summed E-state index contributed by atoms with van der Waals surface area (Å²) in [5.41, 5.74) is 1.25. The number of carbonyl (C=O) groups is 2. The van der Waals surface area contributed by atoms with Crippen molar-refractivity contribution >= 4 is 11.9 Å². The minimum Gasteiger partial charge on any atom is -0.465 e. The number of aliphatic hydroxyl groups excluding tert-OH is 1. The van der Waals surface area contributed by atoms with E-state index in [0.29, 0.717) is 28.3 Å². The van der Waals surface area contributed by atoms with E-state index in [0.717, 1.165) is 12.1 Å². The lowest BCUT2D eigenvalue weighted by atomic mass is 9.92. The molecule has 0 fully saturated rings. The smallest absolute Gasteiger partial charge is 0.419 e. The van der Waals surface area contributed by atoms with E-state index in [2.05, 4.69) is 6.58 Å². The van der Waals surface area contributed by atoms with Crippen LogP contribution in [0.1, 0.15) is 52.6 Å². The molecular formula is C31H31F4NO4. The zero-order valence-corrected chi connectivity index (χ0v) is 22.5. The van der Waals surface area contributed by atoms with Crippen LogP contribution in [-0.2, 0) is 28.7 Å². The van der Waals surface area contributed by atoms with Crippen molar-refractivity contribution in [2.75, 3.05) is 13.7 Å².